The Bertz CT molecular complexity index is 1080. The van der Waals surface area contributed by atoms with E-state index in [-0.39, 0.29) is 17.4 Å². The van der Waals surface area contributed by atoms with Gasteiger partial charge in [-0.05, 0) is 48.9 Å². The molecule has 0 bridgehead atoms. The molecule has 1 aromatic heterocycles. The first-order valence-electron chi connectivity index (χ1n) is 8.49. The quantitative estimate of drug-likeness (QED) is 0.699. The van der Waals surface area contributed by atoms with Gasteiger partial charge in [-0.3, -0.25) is 14.2 Å². The number of benzene rings is 2. The van der Waals surface area contributed by atoms with Crippen LogP contribution in [0.1, 0.15) is 12.6 Å². The van der Waals surface area contributed by atoms with Crippen LogP contribution in [0.25, 0.3) is 11.4 Å². The number of aryl methyl sites for hydroxylation is 1. The predicted molar refractivity (Wildman–Crippen MR) is 103 cm³/mol. The molecule has 28 heavy (non-hydrogen) atoms. The molecule has 8 heteroatoms. The average Bonchev–Trinajstić information content (AvgIpc) is 2.67. The Labute approximate surface area is 164 Å². The first-order chi connectivity index (χ1) is 13.4. The number of nitrogens with zero attached hydrogens (tertiary/aromatic N) is 2. The molecule has 144 valence electrons. The molecule has 1 amide bonds. The van der Waals surface area contributed by atoms with Crippen LogP contribution in [0.5, 0.6) is 0 Å². The molecule has 0 aliphatic rings. The van der Waals surface area contributed by atoms with Gasteiger partial charge in [-0.1, -0.05) is 18.5 Å². The van der Waals surface area contributed by atoms with Crippen molar-refractivity contribution in [3.63, 3.8) is 0 Å². The van der Waals surface area contributed by atoms with E-state index >= 15 is 0 Å². The Morgan fingerprint density at radius 2 is 1.86 bits per heavy atom. The SMILES string of the molecule is CCc1cc(=O)n(CC(=O)Nc2ccc(F)c(Cl)c2)c(-c2ccc(F)cc2)n1. The number of carbonyl (C=O) groups is 1. The fraction of sp³-hybridized carbons (Fsp3) is 0.150. The zero-order chi connectivity index (χ0) is 20.3. The fourth-order valence-corrected chi connectivity index (χ4v) is 2.81. The molecule has 0 aliphatic carbocycles. The summed E-state index contributed by atoms with van der Waals surface area (Å²) in [6.45, 7) is 1.53. The molecule has 1 heterocycles. The van der Waals surface area contributed by atoms with Crippen LogP contribution in [-0.2, 0) is 17.8 Å². The van der Waals surface area contributed by atoms with Crippen molar-refractivity contribution in [1.29, 1.82) is 0 Å². The van der Waals surface area contributed by atoms with Crippen LogP contribution in [0.15, 0.2) is 53.3 Å². The van der Waals surface area contributed by atoms with Crippen LogP contribution in [0, 0.1) is 11.6 Å². The van der Waals surface area contributed by atoms with Gasteiger partial charge in [0.05, 0.1) is 5.02 Å². The third-order valence-electron chi connectivity index (χ3n) is 4.03. The number of nitrogens with one attached hydrogen (secondary N) is 1. The van der Waals surface area contributed by atoms with Gasteiger partial charge in [0, 0.05) is 23.0 Å². The third-order valence-corrected chi connectivity index (χ3v) is 4.32. The predicted octanol–water partition coefficient (Wildman–Crippen LogP) is 4.04. The second-order valence-corrected chi connectivity index (χ2v) is 6.44. The second kappa shape index (κ2) is 8.31. The van der Waals surface area contributed by atoms with Crippen LogP contribution >= 0.6 is 11.6 Å². The highest BCUT2D eigenvalue weighted by Crippen LogP contribution is 2.20. The first kappa shape index (κ1) is 19.7. The summed E-state index contributed by atoms with van der Waals surface area (Å²) in [6.07, 6.45) is 0.532. The number of hydrogen-bond donors (Lipinski definition) is 1. The van der Waals surface area contributed by atoms with Crippen molar-refractivity contribution in [2.24, 2.45) is 0 Å². The molecule has 0 fully saturated rings. The summed E-state index contributed by atoms with van der Waals surface area (Å²) in [5, 5.41) is 2.44. The van der Waals surface area contributed by atoms with E-state index in [0.717, 1.165) is 6.07 Å². The molecule has 3 rings (SSSR count). The van der Waals surface area contributed by atoms with Gasteiger partial charge in [-0.15, -0.1) is 0 Å². The molecule has 0 atom stereocenters. The maximum absolute atomic E-state index is 13.3. The highest BCUT2D eigenvalue weighted by Gasteiger charge is 2.14. The Morgan fingerprint density at radius 3 is 2.50 bits per heavy atom. The number of anilines is 1. The lowest BCUT2D eigenvalue weighted by atomic mass is 10.2. The summed E-state index contributed by atoms with van der Waals surface area (Å²) in [5.74, 6) is -1.28. The van der Waals surface area contributed by atoms with E-state index in [9.17, 15) is 18.4 Å². The van der Waals surface area contributed by atoms with Crippen LogP contribution in [0.4, 0.5) is 14.5 Å². The zero-order valence-electron chi connectivity index (χ0n) is 14.9. The highest BCUT2D eigenvalue weighted by atomic mass is 35.5. The van der Waals surface area contributed by atoms with Gasteiger partial charge in [0.2, 0.25) is 5.91 Å². The van der Waals surface area contributed by atoms with Gasteiger partial charge in [0.1, 0.15) is 24.0 Å². The van der Waals surface area contributed by atoms with Crippen LogP contribution in [0.3, 0.4) is 0 Å². The van der Waals surface area contributed by atoms with Crippen LogP contribution in [-0.4, -0.2) is 15.5 Å². The summed E-state index contributed by atoms with van der Waals surface area (Å²) < 4.78 is 27.7. The Morgan fingerprint density at radius 1 is 1.14 bits per heavy atom. The van der Waals surface area contributed by atoms with Gasteiger partial charge in [-0.25, -0.2) is 13.8 Å². The van der Waals surface area contributed by atoms with Gasteiger partial charge >= 0.3 is 0 Å². The number of hydrogen-bond acceptors (Lipinski definition) is 3. The first-order valence-corrected chi connectivity index (χ1v) is 8.86. The highest BCUT2D eigenvalue weighted by molar-refractivity contribution is 6.31. The lowest BCUT2D eigenvalue weighted by Gasteiger charge is -2.14. The molecular weight excluding hydrogens is 388 g/mol. The monoisotopic (exact) mass is 403 g/mol. The van der Waals surface area contributed by atoms with E-state index in [2.05, 4.69) is 10.3 Å². The number of amides is 1. The number of halogens is 3. The standard InChI is InChI=1S/C20H16ClF2N3O2/c1-2-14-10-19(28)26(20(25-14)12-3-5-13(22)6-4-12)11-18(27)24-15-7-8-17(23)16(21)9-15/h3-10H,2,11H2,1H3,(H,24,27). The van der Waals surface area contributed by atoms with Crippen LogP contribution < -0.4 is 10.9 Å². The molecule has 0 saturated heterocycles. The summed E-state index contributed by atoms with van der Waals surface area (Å²) in [6, 6.07) is 10.6. The third kappa shape index (κ3) is 4.43. The topological polar surface area (TPSA) is 64.0 Å². The summed E-state index contributed by atoms with van der Waals surface area (Å²) in [5.41, 5.74) is 0.960. The largest absolute Gasteiger partial charge is 0.324 e. The Balaban J connectivity index is 1.94. The molecule has 1 N–H and O–H groups in total. The molecule has 5 nitrogen and oxygen atoms in total. The molecule has 0 aliphatic heterocycles. The molecule has 0 spiro atoms. The number of rotatable bonds is 5. The van der Waals surface area contributed by atoms with Crippen molar-refractivity contribution < 1.29 is 13.6 Å². The minimum atomic E-state index is -0.603. The van der Waals surface area contributed by atoms with E-state index in [0.29, 0.717) is 23.4 Å². The smallest absolute Gasteiger partial charge is 0.254 e. The summed E-state index contributed by atoms with van der Waals surface area (Å²) in [7, 11) is 0. The Hall–Kier alpha value is -3.06. The Kier molecular flexibility index (Phi) is 5.84. The van der Waals surface area contributed by atoms with E-state index in [1.54, 1.807) is 0 Å². The maximum Gasteiger partial charge on any atom is 0.254 e. The second-order valence-electron chi connectivity index (χ2n) is 6.03. The lowest BCUT2D eigenvalue weighted by molar-refractivity contribution is -0.116. The average molecular weight is 404 g/mol. The molecule has 3 aromatic rings. The maximum atomic E-state index is 13.3. The van der Waals surface area contributed by atoms with Crippen molar-refractivity contribution in [3.05, 3.63) is 81.2 Å². The number of aromatic nitrogens is 2. The van der Waals surface area contributed by atoms with Crippen molar-refractivity contribution in [2.75, 3.05) is 5.32 Å². The fourth-order valence-electron chi connectivity index (χ4n) is 2.62. The van der Waals surface area contributed by atoms with Gasteiger partial charge < -0.3 is 5.32 Å². The molecular formula is C20H16ClF2N3O2. The van der Waals surface area contributed by atoms with E-state index in [4.69, 9.17) is 11.6 Å². The van der Waals surface area contributed by atoms with E-state index < -0.39 is 23.1 Å². The van der Waals surface area contributed by atoms with Gasteiger partial charge in [-0.2, -0.15) is 0 Å². The molecule has 0 saturated carbocycles. The van der Waals surface area contributed by atoms with E-state index in [1.165, 1.54) is 47.0 Å². The van der Waals surface area contributed by atoms with Crippen molar-refractivity contribution in [3.8, 4) is 11.4 Å². The zero-order valence-corrected chi connectivity index (χ0v) is 15.6. The van der Waals surface area contributed by atoms with Gasteiger partial charge in [0.15, 0.2) is 0 Å². The minimum Gasteiger partial charge on any atom is -0.324 e. The van der Waals surface area contributed by atoms with Gasteiger partial charge in [0.25, 0.3) is 5.56 Å². The lowest BCUT2D eigenvalue weighted by Crippen LogP contribution is -2.30. The molecule has 0 unspecified atom stereocenters. The van der Waals surface area contributed by atoms with Crippen molar-refractivity contribution in [1.82, 2.24) is 9.55 Å². The minimum absolute atomic E-state index is 0.129. The van der Waals surface area contributed by atoms with Crippen molar-refractivity contribution >= 4 is 23.2 Å². The summed E-state index contributed by atoms with van der Waals surface area (Å²) in [4.78, 5) is 29.4. The number of carbonyl (C=O) groups excluding carboxylic acids is 1. The molecule has 2 aromatic carbocycles. The van der Waals surface area contributed by atoms with Crippen LogP contribution in [0.2, 0.25) is 5.02 Å². The van der Waals surface area contributed by atoms with E-state index in [1.807, 2.05) is 6.92 Å². The molecule has 0 radical (unpaired) electrons. The van der Waals surface area contributed by atoms with Crippen molar-refractivity contribution in [2.45, 2.75) is 19.9 Å². The normalized spacial score (nSPS) is 10.7. The summed E-state index contributed by atoms with van der Waals surface area (Å²) >= 11 is 5.71.